The summed E-state index contributed by atoms with van der Waals surface area (Å²) in [7, 11) is 1.28. The highest BCUT2D eigenvalue weighted by atomic mass is 79.9. The average molecular weight is 336 g/mol. The van der Waals surface area contributed by atoms with Gasteiger partial charge in [0.25, 0.3) is 0 Å². The second-order valence-electron chi connectivity index (χ2n) is 3.92. The van der Waals surface area contributed by atoms with E-state index in [1.165, 1.54) is 14.0 Å². The SMILES string of the molecule is COc1c(CC(C)C(=O)O)cc([N+](=O)[O-])c(F)c1Br. The predicted molar refractivity (Wildman–Crippen MR) is 67.8 cm³/mol. The maximum absolute atomic E-state index is 13.7. The van der Waals surface area contributed by atoms with Gasteiger partial charge in [-0.3, -0.25) is 14.9 Å². The van der Waals surface area contributed by atoms with Crippen LogP contribution in [0.2, 0.25) is 0 Å². The van der Waals surface area contributed by atoms with Crippen molar-refractivity contribution in [1.82, 2.24) is 0 Å². The summed E-state index contributed by atoms with van der Waals surface area (Å²) in [5.41, 5.74) is -0.461. The summed E-state index contributed by atoms with van der Waals surface area (Å²) >= 11 is 2.89. The van der Waals surface area contributed by atoms with Crippen molar-refractivity contribution in [3.63, 3.8) is 0 Å². The zero-order valence-electron chi connectivity index (χ0n) is 10.1. The Balaban J connectivity index is 3.36. The van der Waals surface area contributed by atoms with Crippen LogP contribution in [0.1, 0.15) is 12.5 Å². The molecule has 0 amide bonds. The van der Waals surface area contributed by atoms with E-state index in [2.05, 4.69) is 15.9 Å². The lowest BCUT2D eigenvalue weighted by Gasteiger charge is -2.13. The van der Waals surface area contributed by atoms with Gasteiger partial charge in [-0.1, -0.05) is 6.92 Å². The minimum atomic E-state index is -1.05. The van der Waals surface area contributed by atoms with Gasteiger partial charge in [-0.05, 0) is 22.4 Å². The second kappa shape index (κ2) is 5.96. The molecule has 0 bridgehead atoms. The van der Waals surface area contributed by atoms with Crippen LogP contribution in [0.5, 0.6) is 5.75 Å². The van der Waals surface area contributed by atoms with Crippen molar-refractivity contribution < 1.29 is 24.0 Å². The van der Waals surface area contributed by atoms with Gasteiger partial charge in [0, 0.05) is 11.6 Å². The van der Waals surface area contributed by atoms with E-state index >= 15 is 0 Å². The fourth-order valence-electron chi connectivity index (χ4n) is 1.57. The van der Waals surface area contributed by atoms with Crippen molar-refractivity contribution >= 4 is 27.6 Å². The number of halogens is 2. The van der Waals surface area contributed by atoms with E-state index in [9.17, 15) is 19.3 Å². The Hall–Kier alpha value is -1.70. The molecule has 8 heteroatoms. The van der Waals surface area contributed by atoms with Gasteiger partial charge in [-0.2, -0.15) is 4.39 Å². The Morgan fingerprint density at radius 1 is 1.68 bits per heavy atom. The molecular weight excluding hydrogens is 325 g/mol. The molecule has 104 valence electrons. The first-order chi connectivity index (χ1) is 8.79. The molecule has 0 aliphatic rings. The number of rotatable bonds is 5. The number of nitrogens with zero attached hydrogens (tertiary/aromatic N) is 1. The van der Waals surface area contributed by atoms with E-state index in [4.69, 9.17) is 9.84 Å². The van der Waals surface area contributed by atoms with Gasteiger partial charge < -0.3 is 9.84 Å². The quantitative estimate of drug-likeness (QED) is 0.660. The molecule has 1 atom stereocenters. The van der Waals surface area contributed by atoms with Crippen molar-refractivity contribution in [2.24, 2.45) is 5.92 Å². The summed E-state index contributed by atoms with van der Waals surface area (Å²) in [5.74, 6) is -2.80. The monoisotopic (exact) mass is 335 g/mol. The standard InChI is InChI=1S/C11H11BrFNO5/c1-5(11(15)16)3-6-4-7(14(17)18)9(13)8(12)10(6)19-2/h4-5H,3H2,1-2H3,(H,15,16). The summed E-state index contributed by atoms with van der Waals surface area (Å²) in [4.78, 5) is 20.7. The molecule has 1 N–H and O–H groups in total. The molecule has 1 unspecified atom stereocenters. The molecule has 0 heterocycles. The third kappa shape index (κ3) is 3.19. The highest BCUT2D eigenvalue weighted by molar-refractivity contribution is 9.10. The first-order valence-corrected chi connectivity index (χ1v) is 6.00. The van der Waals surface area contributed by atoms with Gasteiger partial charge in [-0.25, -0.2) is 0 Å². The molecule has 19 heavy (non-hydrogen) atoms. The number of aliphatic carboxylic acids is 1. The Labute approximate surface area is 116 Å². The van der Waals surface area contributed by atoms with E-state index in [0.29, 0.717) is 0 Å². The first-order valence-electron chi connectivity index (χ1n) is 5.21. The summed E-state index contributed by atoms with van der Waals surface area (Å²) in [5, 5.41) is 19.6. The highest BCUT2D eigenvalue weighted by Crippen LogP contribution is 2.38. The Morgan fingerprint density at radius 3 is 2.68 bits per heavy atom. The largest absolute Gasteiger partial charge is 0.495 e. The molecule has 1 rings (SSSR count). The molecule has 0 saturated heterocycles. The predicted octanol–water partition coefficient (Wildman–Crippen LogP) is 2.77. The van der Waals surface area contributed by atoms with Crippen molar-refractivity contribution in [1.29, 1.82) is 0 Å². The molecule has 0 aromatic heterocycles. The topological polar surface area (TPSA) is 89.7 Å². The van der Waals surface area contributed by atoms with Crippen LogP contribution >= 0.6 is 15.9 Å². The highest BCUT2D eigenvalue weighted by Gasteiger charge is 2.26. The number of carboxylic acid groups (broad SMARTS) is 1. The third-order valence-electron chi connectivity index (χ3n) is 2.57. The average Bonchev–Trinajstić information content (AvgIpc) is 2.33. The van der Waals surface area contributed by atoms with E-state index in [1.54, 1.807) is 0 Å². The lowest BCUT2D eigenvalue weighted by Crippen LogP contribution is -2.13. The second-order valence-corrected chi connectivity index (χ2v) is 4.71. The molecule has 0 spiro atoms. The smallest absolute Gasteiger partial charge is 0.306 e. The Morgan fingerprint density at radius 2 is 2.26 bits per heavy atom. The van der Waals surface area contributed by atoms with E-state index in [-0.39, 0.29) is 22.2 Å². The van der Waals surface area contributed by atoms with Crippen molar-refractivity contribution in [2.45, 2.75) is 13.3 Å². The van der Waals surface area contributed by atoms with Crippen LogP contribution in [0.3, 0.4) is 0 Å². The number of hydrogen-bond donors (Lipinski definition) is 1. The van der Waals surface area contributed by atoms with Crippen molar-refractivity contribution in [3.8, 4) is 5.75 Å². The van der Waals surface area contributed by atoms with Crippen LogP contribution in [-0.4, -0.2) is 23.1 Å². The number of methoxy groups -OCH3 is 1. The summed E-state index contributed by atoms with van der Waals surface area (Å²) in [6.07, 6.45) is -0.00176. The van der Waals surface area contributed by atoms with Gasteiger partial charge >= 0.3 is 11.7 Å². The summed E-state index contributed by atoms with van der Waals surface area (Å²) in [6.45, 7) is 1.45. The third-order valence-corrected chi connectivity index (χ3v) is 3.28. The maximum atomic E-state index is 13.7. The minimum Gasteiger partial charge on any atom is -0.495 e. The molecule has 0 radical (unpaired) electrons. The number of carboxylic acids is 1. The zero-order chi connectivity index (χ0) is 14.7. The van der Waals surface area contributed by atoms with Gasteiger partial charge in [0.15, 0.2) is 0 Å². The molecule has 6 nitrogen and oxygen atoms in total. The normalized spacial score (nSPS) is 12.0. The van der Waals surface area contributed by atoms with Crippen LogP contribution in [0, 0.1) is 21.8 Å². The maximum Gasteiger partial charge on any atom is 0.306 e. The van der Waals surface area contributed by atoms with Crippen LogP contribution in [0.25, 0.3) is 0 Å². The van der Waals surface area contributed by atoms with Crippen LogP contribution in [0.15, 0.2) is 10.5 Å². The van der Waals surface area contributed by atoms with Gasteiger partial charge in [-0.15, -0.1) is 0 Å². The van der Waals surface area contributed by atoms with Crippen LogP contribution < -0.4 is 4.74 Å². The molecular formula is C11H11BrFNO5. The number of nitro groups is 1. The lowest BCUT2D eigenvalue weighted by molar-refractivity contribution is -0.387. The molecule has 0 aliphatic heterocycles. The summed E-state index contributed by atoms with van der Waals surface area (Å²) < 4.78 is 18.5. The summed E-state index contributed by atoms with van der Waals surface area (Å²) in [6, 6.07) is 0.998. The van der Waals surface area contributed by atoms with E-state index in [0.717, 1.165) is 6.07 Å². The molecule has 0 fully saturated rings. The molecule has 0 saturated carbocycles. The zero-order valence-corrected chi connectivity index (χ0v) is 11.7. The van der Waals surface area contributed by atoms with Crippen LogP contribution in [0.4, 0.5) is 10.1 Å². The van der Waals surface area contributed by atoms with Gasteiger partial charge in [0.05, 0.1) is 18.0 Å². The van der Waals surface area contributed by atoms with Gasteiger partial charge in [0.1, 0.15) is 10.2 Å². The van der Waals surface area contributed by atoms with Gasteiger partial charge in [0.2, 0.25) is 5.82 Å². The van der Waals surface area contributed by atoms with Crippen molar-refractivity contribution in [2.75, 3.05) is 7.11 Å². The number of ether oxygens (including phenoxy) is 1. The molecule has 1 aromatic rings. The number of hydrogen-bond acceptors (Lipinski definition) is 4. The van der Waals surface area contributed by atoms with E-state index < -0.39 is 28.3 Å². The van der Waals surface area contributed by atoms with Crippen molar-refractivity contribution in [3.05, 3.63) is 32.0 Å². The molecule has 1 aromatic carbocycles. The minimum absolute atomic E-state index is 0.00176. The fraction of sp³-hybridized carbons (Fsp3) is 0.364. The lowest BCUT2D eigenvalue weighted by atomic mass is 10.00. The first kappa shape index (κ1) is 15.4. The Kier molecular flexibility index (Phi) is 4.82. The molecule has 0 aliphatic carbocycles. The van der Waals surface area contributed by atoms with Crippen LogP contribution in [-0.2, 0) is 11.2 Å². The fourth-order valence-corrected chi connectivity index (χ4v) is 2.19. The Bertz CT molecular complexity index is 534. The number of benzene rings is 1. The van der Waals surface area contributed by atoms with E-state index in [1.807, 2.05) is 0 Å². The number of carbonyl (C=O) groups is 1. The number of nitro benzene ring substituents is 1.